The fraction of sp³-hybridized carbons (Fsp3) is 0.0769. The summed E-state index contributed by atoms with van der Waals surface area (Å²) >= 11 is 0. The summed E-state index contributed by atoms with van der Waals surface area (Å²) in [7, 11) is 0. The fourth-order valence-corrected chi connectivity index (χ4v) is 1.50. The Hall–Kier alpha value is -2.17. The molecule has 0 aliphatic rings. The second-order valence-corrected chi connectivity index (χ2v) is 3.62. The van der Waals surface area contributed by atoms with Gasteiger partial charge in [-0.05, 0) is 35.4 Å². The molecule has 0 bridgehead atoms. The first-order chi connectivity index (χ1) is 8.44. The Morgan fingerprint density at radius 1 is 0.778 bits per heavy atom. The third kappa shape index (κ3) is 3.16. The highest BCUT2D eigenvalue weighted by Gasteiger charge is 2.30. The highest BCUT2D eigenvalue weighted by Crippen LogP contribution is 2.27. The predicted octanol–water partition coefficient (Wildman–Crippen LogP) is 3.96. The molecule has 0 atom stereocenters. The van der Waals surface area contributed by atoms with E-state index < -0.39 is 6.36 Å². The van der Waals surface area contributed by atoms with Crippen LogP contribution in [-0.2, 0) is 0 Å². The summed E-state index contributed by atoms with van der Waals surface area (Å²) in [5.41, 5.74) is 1.54. The van der Waals surface area contributed by atoms with E-state index in [0.717, 1.165) is 11.1 Å². The van der Waals surface area contributed by atoms with Crippen molar-refractivity contribution in [3.05, 3.63) is 48.5 Å². The lowest BCUT2D eigenvalue weighted by Crippen LogP contribution is -2.16. The summed E-state index contributed by atoms with van der Waals surface area (Å²) in [5, 5.41) is 9.13. The maximum absolute atomic E-state index is 12.0. The van der Waals surface area contributed by atoms with Crippen molar-refractivity contribution < 1.29 is 23.0 Å². The smallest absolute Gasteiger partial charge is 0.508 e. The molecule has 5 heteroatoms. The molecule has 1 N–H and O–H groups in total. The quantitative estimate of drug-likeness (QED) is 0.879. The Kier molecular flexibility index (Phi) is 3.14. The normalized spacial score (nSPS) is 11.3. The molecule has 2 rings (SSSR count). The van der Waals surface area contributed by atoms with Crippen LogP contribution in [0, 0.1) is 0 Å². The molecule has 0 radical (unpaired) electrons. The van der Waals surface area contributed by atoms with Gasteiger partial charge in [-0.25, -0.2) is 0 Å². The molecule has 0 aromatic heterocycles. The first kappa shape index (κ1) is 12.3. The summed E-state index contributed by atoms with van der Waals surface area (Å²) in [4.78, 5) is 0. The van der Waals surface area contributed by atoms with Crippen LogP contribution in [0.15, 0.2) is 48.5 Å². The number of hydrogen-bond donors (Lipinski definition) is 1. The number of aromatic hydroxyl groups is 1. The maximum Gasteiger partial charge on any atom is 0.573 e. The van der Waals surface area contributed by atoms with Crippen LogP contribution in [0.2, 0.25) is 0 Å². The molecule has 2 nitrogen and oxygen atoms in total. The van der Waals surface area contributed by atoms with Gasteiger partial charge in [-0.15, -0.1) is 13.2 Å². The molecule has 18 heavy (non-hydrogen) atoms. The van der Waals surface area contributed by atoms with Crippen LogP contribution in [0.5, 0.6) is 11.5 Å². The number of benzene rings is 2. The summed E-state index contributed by atoms with van der Waals surface area (Å²) < 4.78 is 39.6. The van der Waals surface area contributed by atoms with Gasteiger partial charge in [0, 0.05) is 0 Å². The third-order valence-electron chi connectivity index (χ3n) is 2.29. The molecule has 0 spiro atoms. The van der Waals surface area contributed by atoms with Crippen molar-refractivity contribution in [1.82, 2.24) is 0 Å². The summed E-state index contributed by atoms with van der Waals surface area (Å²) in [6.07, 6.45) is -4.68. The maximum atomic E-state index is 12.0. The second kappa shape index (κ2) is 4.60. The van der Waals surface area contributed by atoms with Crippen molar-refractivity contribution in [2.24, 2.45) is 0 Å². The zero-order valence-electron chi connectivity index (χ0n) is 9.11. The van der Waals surface area contributed by atoms with E-state index in [1.54, 1.807) is 12.1 Å². The van der Waals surface area contributed by atoms with E-state index in [-0.39, 0.29) is 11.5 Å². The van der Waals surface area contributed by atoms with E-state index in [4.69, 9.17) is 5.11 Å². The Morgan fingerprint density at radius 2 is 1.22 bits per heavy atom. The Bertz CT molecular complexity index is 515. The topological polar surface area (TPSA) is 29.5 Å². The standard InChI is InChI=1S/C13H9F3O2/c14-13(15,16)18-12-7-3-10(4-8-12)9-1-5-11(17)6-2-9/h1-8,17H. The van der Waals surface area contributed by atoms with Crippen LogP contribution < -0.4 is 4.74 Å². The first-order valence-electron chi connectivity index (χ1n) is 5.09. The fourth-order valence-electron chi connectivity index (χ4n) is 1.50. The molecular formula is C13H9F3O2. The molecule has 2 aromatic carbocycles. The van der Waals surface area contributed by atoms with Crippen molar-refractivity contribution in [2.75, 3.05) is 0 Å². The van der Waals surface area contributed by atoms with Crippen molar-refractivity contribution in [1.29, 1.82) is 0 Å². The van der Waals surface area contributed by atoms with E-state index in [1.165, 1.54) is 36.4 Å². The second-order valence-electron chi connectivity index (χ2n) is 3.62. The van der Waals surface area contributed by atoms with E-state index >= 15 is 0 Å². The predicted molar refractivity (Wildman–Crippen MR) is 60.2 cm³/mol. The molecule has 0 amide bonds. The van der Waals surface area contributed by atoms with Gasteiger partial charge in [0.05, 0.1) is 0 Å². The van der Waals surface area contributed by atoms with E-state index in [9.17, 15) is 13.2 Å². The van der Waals surface area contributed by atoms with Crippen LogP contribution in [0.4, 0.5) is 13.2 Å². The highest BCUT2D eigenvalue weighted by atomic mass is 19.4. The van der Waals surface area contributed by atoms with Gasteiger partial charge in [0.1, 0.15) is 11.5 Å². The van der Waals surface area contributed by atoms with Crippen molar-refractivity contribution >= 4 is 0 Å². The Morgan fingerprint density at radius 3 is 1.67 bits per heavy atom. The van der Waals surface area contributed by atoms with Crippen LogP contribution in [0.25, 0.3) is 11.1 Å². The average Bonchev–Trinajstić information content (AvgIpc) is 2.29. The number of alkyl halides is 3. The van der Waals surface area contributed by atoms with Crippen LogP contribution in [0.1, 0.15) is 0 Å². The number of halogens is 3. The molecule has 0 fully saturated rings. The van der Waals surface area contributed by atoms with Gasteiger partial charge in [0.2, 0.25) is 0 Å². The van der Waals surface area contributed by atoms with Crippen molar-refractivity contribution in [3.8, 4) is 22.6 Å². The third-order valence-corrected chi connectivity index (χ3v) is 2.29. The molecule has 0 saturated carbocycles. The molecule has 0 saturated heterocycles. The van der Waals surface area contributed by atoms with Crippen LogP contribution in [-0.4, -0.2) is 11.5 Å². The molecule has 0 aliphatic heterocycles. The first-order valence-corrected chi connectivity index (χ1v) is 5.09. The minimum absolute atomic E-state index is 0.135. The SMILES string of the molecule is Oc1ccc(-c2ccc(OC(F)(F)F)cc2)cc1. The number of phenolic OH excluding ortho intramolecular Hbond substituents is 1. The largest absolute Gasteiger partial charge is 0.573 e. The zero-order chi connectivity index (χ0) is 13.2. The van der Waals surface area contributed by atoms with Crippen LogP contribution in [0.3, 0.4) is 0 Å². The number of phenols is 1. The van der Waals surface area contributed by atoms with Gasteiger partial charge in [0.25, 0.3) is 0 Å². The molecule has 0 aliphatic carbocycles. The summed E-state index contributed by atoms with van der Waals surface area (Å²) in [6, 6.07) is 11.9. The van der Waals surface area contributed by atoms with Gasteiger partial charge in [-0.2, -0.15) is 0 Å². The monoisotopic (exact) mass is 254 g/mol. The molecule has 0 unspecified atom stereocenters. The van der Waals surface area contributed by atoms with E-state index in [1.807, 2.05) is 0 Å². The van der Waals surface area contributed by atoms with E-state index in [0.29, 0.717) is 0 Å². The molecule has 0 heterocycles. The minimum atomic E-state index is -4.68. The molecular weight excluding hydrogens is 245 g/mol. The lowest BCUT2D eigenvalue weighted by Gasteiger charge is -2.09. The van der Waals surface area contributed by atoms with Gasteiger partial charge in [-0.3, -0.25) is 0 Å². The van der Waals surface area contributed by atoms with Crippen LogP contribution >= 0.6 is 0 Å². The van der Waals surface area contributed by atoms with Crippen molar-refractivity contribution in [2.45, 2.75) is 6.36 Å². The van der Waals surface area contributed by atoms with Gasteiger partial charge >= 0.3 is 6.36 Å². The van der Waals surface area contributed by atoms with Crippen molar-refractivity contribution in [3.63, 3.8) is 0 Å². The van der Waals surface area contributed by atoms with Gasteiger partial charge in [0.15, 0.2) is 0 Å². The minimum Gasteiger partial charge on any atom is -0.508 e. The Balaban J connectivity index is 2.20. The summed E-state index contributed by atoms with van der Waals surface area (Å²) in [6.45, 7) is 0. The van der Waals surface area contributed by atoms with E-state index in [2.05, 4.69) is 4.74 Å². The lowest BCUT2D eigenvalue weighted by molar-refractivity contribution is -0.274. The summed E-state index contributed by atoms with van der Waals surface area (Å²) in [5.74, 6) is -0.124. The van der Waals surface area contributed by atoms with Gasteiger partial charge in [-0.1, -0.05) is 24.3 Å². The lowest BCUT2D eigenvalue weighted by atomic mass is 10.1. The molecule has 2 aromatic rings. The number of rotatable bonds is 2. The average molecular weight is 254 g/mol. The van der Waals surface area contributed by atoms with Gasteiger partial charge < -0.3 is 9.84 Å². The Labute approximate surface area is 101 Å². The molecule has 94 valence electrons. The number of ether oxygens (including phenoxy) is 1. The highest BCUT2D eigenvalue weighted by molar-refractivity contribution is 5.64. The zero-order valence-corrected chi connectivity index (χ0v) is 9.11. The number of hydrogen-bond acceptors (Lipinski definition) is 2.